The topological polar surface area (TPSA) is 96.6 Å². The van der Waals surface area contributed by atoms with Crippen molar-refractivity contribution in [2.75, 3.05) is 19.6 Å². The van der Waals surface area contributed by atoms with Gasteiger partial charge in [0.2, 0.25) is 10.0 Å². The summed E-state index contributed by atoms with van der Waals surface area (Å²) in [6.45, 7) is 10.3. The molecule has 0 aliphatic carbocycles. The summed E-state index contributed by atoms with van der Waals surface area (Å²) in [4.78, 5) is 6.14. The summed E-state index contributed by atoms with van der Waals surface area (Å²) < 4.78 is 26.8. The lowest BCUT2D eigenvalue weighted by Gasteiger charge is -2.08. The first kappa shape index (κ1) is 17.7. The Morgan fingerprint density at radius 3 is 2.62 bits per heavy atom. The van der Waals surface area contributed by atoms with Crippen LogP contribution in [0.3, 0.4) is 0 Å². The molecule has 1 rings (SSSR count). The minimum Gasteiger partial charge on any atom is -0.370 e. The van der Waals surface area contributed by atoms with Crippen molar-refractivity contribution in [3.05, 3.63) is 28.0 Å². The Bertz CT molecular complexity index is 633. The van der Waals surface area contributed by atoms with Gasteiger partial charge in [0.25, 0.3) is 0 Å². The number of guanidine groups is 1. The summed E-state index contributed by atoms with van der Waals surface area (Å²) in [6.07, 6.45) is 0. The minimum absolute atomic E-state index is 0.236. The zero-order valence-corrected chi connectivity index (χ0v) is 14.2. The van der Waals surface area contributed by atoms with E-state index < -0.39 is 10.0 Å². The highest BCUT2D eigenvalue weighted by Gasteiger charge is 2.18. The van der Waals surface area contributed by atoms with Crippen LogP contribution in [0.2, 0.25) is 0 Å². The number of aliphatic imine (C=N–C) groups is 1. The van der Waals surface area contributed by atoms with Crippen LogP contribution in [0.5, 0.6) is 0 Å². The van der Waals surface area contributed by atoms with Crippen LogP contribution in [0.25, 0.3) is 0 Å². The van der Waals surface area contributed by atoms with E-state index in [4.69, 9.17) is 5.73 Å². The van der Waals surface area contributed by atoms with Gasteiger partial charge in [-0.25, -0.2) is 18.1 Å². The molecule has 0 bridgehead atoms. The van der Waals surface area contributed by atoms with Crippen LogP contribution >= 0.6 is 11.3 Å². The summed E-state index contributed by atoms with van der Waals surface area (Å²) >= 11 is 1.47. The van der Waals surface area contributed by atoms with Gasteiger partial charge in [0.05, 0.1) is 11.4 Å². The number of hydrogen-bond donors (Lipinski definition) is 3. The monoisotopic (exact) mass is 330 g/mol. The third-order valence-electron chi connectivity index (χ3n) is 2.53. The summed E-state index contributed by atoms with van der Waals surface area (Å²) in [5, 5.41) is 2.84. The van der Waals surface area contributed by atoms with Gasteiger partial charge in [0.15, 0.2) is 5.96 Å². The first-order chi connectivity index (χ1) is 9.72. The molecule has 4 N–H and O–H groups in total. The van der Waals surface area contributed by atoms with Crippen molar-refractivity contribution in [1.82, 2.24) is 10.0 Å². The van der Waals surface area contributed by atoms with E-state index in [1.807, 2.05) is 13.8 Å². The number of hydrogen-bond acceptors (Lipinski definition) is 4. The Morgan fingerprint density at radius 2 is 2.10 bits per heavy atom. The second-order valence-corrected chi connectivity index (χ2v) is 7.96. The van der Waals surface area contributed by atoms with Crippen molar-refractivity contribution < 1.29 is 8.42 Å². The number of nitrogens with zero attached hydrogens (tertiary/aromatic N) is 1. The summed E-state index contributed by atoms with van der Waals surface area (Å²) in [5.41, 5.74) is 6.54. The molecule has 1 heterocycles. The third kappa shape index (κ3) is 5.86. The Balaban J connectivity index is 2.47. The second-order valence-electron chi connectivity index (χ2n) is 4.76. The lowest BCUT2D eigenvalue weighted by Crippen LogP contribution is -2.38. The second kappa shape index (κ2) is 7.58. The van der Waals surface area contributed by atoms with E-state index in [-0.39, 0.29) is 12.5 Å². The van der Waals surface area contributed by atoms with Crippen molar-refractivity contribution in [3.63, 3.8) is 0 Å². The number of rotatable bonds is 7. The normalized spacial score (nSPS) is 12.4. The molecule has 0 aromatic carbocycles. The molecule has 0 aliphatic rings. The quantitative estimate of drug-likeness (QED) is 0.302. The molecule has 8 heteroatoms. The molecule has 0 saturated heterocycles. The Labute approximate surface area is 130 Å². The van der Waals surface area contributed by atoms with E-state index in [1.165, 1.54) is 11.3 Å². The van der Waals surface area contributed by atoms with Crippen LogP contribution in [0.1, 0.15) is 16.7 Å². The molecule has 0 radical (unpaired) electrons. The van der Waals surface area contributed by atoms with Gasteiger partial charge in [-0.05, 0) is 26.8 Å². The Hall–Kier alpha value is -1.38. The maximum Gasteiger partial charge on any atom is 0.241 e. The number of aryl methyl sites for hydroxylation is 2. The van der Waals surface area contributed by atoms with Gasteiger partial charge >= 0.3 is 0 Å². The van der Waals surface area contributed by atoms with Crippen molar-refractivity contribution in [2.24, 2.45) is 10.7 Å². The van der Waals surface area contributed by atoms with Crippen LogP contribution < -0.4 is 15.8 Å². The Kier molecular flexibility index (Phi) is 6.38. The number of nitrogens with two attached hydrogens (primary N) is 1. The molecule has 0 aliphatic heterocycles. The molecule has 0 atom stereocenters. The van der Waals surface area contributed by atoms with Gasteiger partial charge in [-0.1, -0.05) is 12.2 Å². The van der Waals surface area contributed by atoms with Gasteiger partial charge < -0.3 is 11.1 Å². The van der Waals surface area contributed by atoms with E-state index in [1.54, 1.807) is 13.0 Å². The fraction of sp³-hybridized carbons (Fsp3) is 0.462. The minimum atomic E-state index is -3.47. The lowest BCUT2D eigenvalue weighted by molar-refractivity contribution is 0.580. The van der Waals surface area contributed by atoms with Crippen molar-refractivity contribution in [2.45, 2.75) is 25.7 Å². The highest BCUT2D eigenvalue weighted by atomic mass is 32.2. The maximum atomic E-state index is 12.1. The number of nitrogens with one attached hydrogen (secondary N) is 2. The zero-order valence-electron chi connectivity index (χ0n) is 12.6. The van der Waals surface area contributed by atoms with Gasteiger partial charge in [0.1, 0.15) is 0 Å². The van der Waals surface area contributed by atoms with E-state index in [0.717, 1.165) is 15.3 Å². The van der Waals surface area contributed by atoms with Gasteiger partial charge in [-0.3, -0.25) is 0 Å². The highest BCUT2D eigenvalue weighted by molar-refractivity contribution is 7.89. The predicted molar refractivity (Wildman–Crippen MR) is 88.3 cm³/mol. The molecule has 0 saturated carbocycles. The van der Waals surface area contributed by atoms with Crippen molar-refractivity contribution >= 4 is 27.3 Å². The molecule has 0 unspecified atom stereocenters. The maximum absolute atomic E-state index is 12.1. The molecule has 1 aromatic heterocycles. The van der Waals surface area contributed by atoms with Crippen molar-refractivity contribution in [3.8, 4) is 0 Å². The molecular formula is C13H22N4O2S2. The van der Waals surface area contributed by atoms with Gasteiger partial charge in [0, 0.05) is 22.8 Å². The van der Waals surface area contributed by atoms with Crippen LogP contribution in [0.15, 0.2) is 28.1 Å². The van der Waals surface area contributed by atoms with E-state index in [0.29, 0.717) is 18.0 Å². The van der Waals surface area contributed by atoms with Crippen LogP contribution in [-0.4, -0.2) is 34.0 Å². The molecule has 21 heavy (non-hydrogen) atoms. The van der Waals surface area contributed by atoms with Crippen LogP contribution in [0.4, 0.5) is 0 Å². The molecular weight excluding hydrogens is 308 g/mol. The smallest absolute Gasteiger partial charge is 0.241 e. The number of thiophene rings is 1. The molecule has 1 aromatic rings. The molecule has 118 valence electrons. The molecule has 0 fully saturated rings. The molecule has 0 amide bonds. The van der Waals surface area contributed by atoms with Gasteiger partial charge in [-0.2, -0.15) is 0 Å². The summed E-state index contributed by atoms with van der Waals surface area (Å²) in [7, 11) is -3.47. The molecule has 6 nitrogen and oxygen atoms in total. The van der Waals surface area contributed by atoms with E-state index >= 15 is 0 Å². The zero-order chi connectivity index (χ0) is 16.0. The first-order valence-electron chi connectivity index (χ1n) is 6.47. The third-order valence-corrected chi connectivity index (χ3v) is 5.21. The Morgan fingerprint density at radius 1 is 1.43 bits per heavy atom. The average Bonchev–Trinajstić information content (AvgIpc) is 2.72. The average molecular weight is 330 g/mol. The lowest BCUT2D eigenvalue weighted by atomic mass is 10.4. The summed E-state index contributed by atoms with van der Waals surface area (Å²) in [6, 6.07) is 1.68. The molecule has 0 spiro atoms. The fourth-order valence-electron chi connectivity index (χ4n) is 1.60. The largest absolute Gasteiger partial charge is 0.370 e. The summed E-state index contributed by atoms with van der Waals surface area (Å²) in [5.74, 6) is 0.278. The SMILES string of the molecule is C=C(C)CN=C(N)NCCNS(=O)(=O)c1cc(C)sc1C. The number of sulfonamides is 1. The van der Waals surface area contributed by atoms with E-state index in [9.17, 15) is 8.42 Å². The van der Waals surface area contributed by atoms with Crippen LogP contribution in [-0.2, 0) is 10.0 Å². The fourth-order valence-corrected chi connectivity index (χ4v) is 4.19. The van der Waals surface area contributed by atoms with E-state index in [2.05, 4.69) is 21.6 Å². The van der Waals surface area contributed by atoms with Gasteiger partial charge in [-0.15, -0.1) is 11.3 Å². The standard InChI is InChI=1S/C13H22N4O2S2/c1-9(2)8-16-13(14)15-5-6-17-21(18,19)12-7-10(3)20-11(12)4/h7,17H,1,5-6,8H2,2-4H3,(H3,14,15,16). The highest BCUT2D eigenvalue weighted by Crippen LogP contribution is 2.24. The van der Waals surface area contributed by atoms with Crippen molar-refractivity contribution in [1.29, 1.82) is 0 Å². The predicted octanol–water partition coefficient (Wildman–Crippen LogP) is 1.12. The van der Waals surface area contributed by atoms with Crippen LogP contribution in [0, 0.1) is 13.8 Å². The first-order valence-corrected chi connectivity index (χ1v) is 8.77.